The Morgan fingerprint density at radius 2 is 1.96 bits per heavy atom. The number of hydrogen-bond donors (Lipinski definition) is 0. The zero-order valence-electron chi connectivity index (χ0n) is 15.0. The molecule has 0 N–H and O–H groups in total. The van der Waals surface area contributed by atoms with Crippen molar-refractivity contribution in [1.82, 2.24) is 15.0 Å². The molecule has 0 unspecified atom stereocenters. The molecule has 26 heavy (non-hydrogen) atoms. The minimum absolute atomic E-state index is 0.0224. The van der Waals surface area contributed by atoms with E-state index < -0.39 is 0 Å². The molecule has 3 rings (SSSR count). The van der Waals surface area contributed by atoms with Gasteiger partial charge in [-0.15, -0.1) is 11.8 Å². The Morgan fingerprint density at radius 1 is 1.19 bits per heavy atom. The molecule has 0 saturated heterocycles. The van der Waals surface area contributed by atoms with Crippen LogP contribution in [-0.4, -0.2) is 33.2 Å². The fraction of sp³-hybridized carbons (Fsp3) is 0.250. The Labute approximate surface area is 157 Å². The summed E-state index contributed by atoms with van der Waals surface area (Å²) in [6, 6.07) is 17.8. The van der Waals surface area contributed by atoms with E-state index in [2.05, 4.69) is 10.1 Å². The third kappa shape index (κ3) is 4.52. The molecule has 2 aromatic carbocycles. The van der Waals surface area contributed by atoms with Crippen molar-refractivity contribution in [2.45, 2.75) is 30.5 Å². The van der Waals surface area contributed by atoms with Gasteiger partial charge >= 0.3 is 0 Å². The van der Waals surface area contributed by atoms with Gasteiger partial charge in [0.2, 0.25) is 17.6 Å². The topological polar surface area (TPSA) is 59.2 Å². The number of aromatic nitrogens is 2. The molecule has 0 fully saturated rings. The van der Waals surface area contributed by atoms with E-state index in [1.807, 2.05) is 68.4 Å². The highest BCUT2D eigenvalue weighted by Crippen LogP contribution is 2.24. The summed E-state index contributed by atoms with van der Waals surface area (Å²) < 4.78 is 5.32. The third-order valence-electron chi connectivity index (χ3n) is 3.90. The first-order valence-electron chi connectivity index (χ1n) is 8.39. The van der Waals surface area contributed by atoms with Crippen molar-refractivity contribution >= 4 is 17.7 Å². The van der Waals surface area contributed by atoms with E-state index in [9.17, 15) is 4.79 Å². The van der Waals surface area contributed by atoms with Crippen LogP contribution in [0.5, 0.6) is 0 Å². The van der Waals surface area contributed by atoms with Crippen molar-refractivity contribution in [3.63, 3.8) is 0 Å². The van der Waals surface area contributed by atoms with Crippen molar-refractivity contribution in [2.24, 2.45) is 0 Å². The van der Waals surface area contributed by atoms with Gasteiger partial charge in [0.05, 0.1) is 11.8 Å². The zero-order valence-corrected chi connectivity index (χ0v) is 15.9. The number of hydrogen-bond acceptors (Lipinski definition) is 5. The van der Waals surface area contributed by atoms with E-state index in [0.29, 0.717) is 11.7 Å². The number of thioether (sulfide) groups is 1. The first-order valence-corrected chi connectivity index (χ1v) is 9.27. The maximum Gasteiger partial charge on any atom is 0.246 e. The van der Waals surface area contributed by atoms with Gasteiger partial charge in [-0.25, -0.2) is 0 Å². The molecule has 3 aromatic rings. The summed E-state index contributed by atoms with van der Waals surface area (Å²) in [4.78, 5) is 19.7. The van der Waals surface area contributed by atoms with Crippen LogP contribution in [0.1, 0.15) is 18.4 Å². The summed E-state index contributed by atoms with van der Waals surface area (Å²) in [5.74, 6) is 0.986. The second kappa shape index (κ2) is 8.19. The maximum absolute atomic E-state index is 12.6. The van der Waals surface area contributed by atoms with Gasteiger partial charge in [0.25, 0.3) is 0 Å². The summed E-state index contributed by atoms with van der Waals surface area (Å²) in [6.07, 6.45) is 0. The highest BCUT2D eigenvalue weighted by Gasteiger charge is 2.21. The van der Waals surface area contributed by atoms with Crippen molar-refractivity contribution < 1.29 is 9.32 Å². The molecular weight excluding hydrogens is 346 g/mol. The van der Waals surface area contributed by atoms with Gasteiger partial charge in [-0.3, -0.25) is 4.79 Å². The first kappa shape index (κ1) is 18.2. The molecular formula is C20H21N3O2S. The Balaban J connectivity index is 1.62. The number of carbonyl (C=O) groups is 1. The first-order chi connectivity index (χ1) is 12.5. The lowest BCUT2D eigenvalue weighted by Crippen LogP contribution is -2.32. The normalized spacial score (nSPS) is 12.0. The predicted octanol–water partition coefficient (Wildman–Crippen LogP) is 4.18. The number of benzene rings is 2. The molecule has 0 aliphatic rings. The molecule has 0 aliphatic heterocycles. The number of rotatable bonds is 6. The second-order valence-electron chi connectivity index (χ2n) is 6.15. The highest BCUT2D eigenvalue weighted by atomic mass is 32.2. The van der Waals surface area contributed by atoms with E-state index in [4.69, 9.17) is 4.52 Å². The smallest absolute Gasteiger partial charge is 0.246 e. The van der Waals surface area contributed by atoms with E-state index in [-0.39, 0.29) is 17.7 Å². The summed E-state index contributed by atoms with van der Waals surface area (Å²) in [5.41, 5.74) is 2.04. The van der Waals surface area contributed by atoms with Crippen molar-refractivity contribution in [2.75, 3.05) is 7.05 Å². The van der Waals surface area contributed by atoms with Crippen LogP contribution in [0.25, 0.3) is 11.4 Å². The quantitative estimate of drug-likeness (QED) is 0.612. The minimum Gasteiger partial charge on any atom is -0.337 e. The zero-order chi connectivity index (χ0) is 18.5. The van der Waals surface area contributed by atoms with Gasteiger partial charge in [0.1, 0.15) is 0 Å². The lowest BCUT2D eigenvalue weighted by Gasteiger charge is -2.19. The Morgan fingerprint density at radius 3 is 2.69 bits per heavy atom. The molecule has 0 saturated carbocycles. The van der Waals surface area contributed by atoms with Gasteiger partial charge in [-0.2, -0.15) is 4.98 Å². The molecule has 1 heterocycles. The Hall–Kier alpha value is -2.60. The predicted molar refractivity (Wildman–Crippen MR) is 103 cm³/mol. The van der Waals surface area contributed by atoms with Crippen molar-refractivity contribution in [3.8, 4) is 11.4 Å². The van der Waals surface area contributed by atoms with E-state index in [0.717, 1.165) is 16.0 Å². The molecule has 134 valence electrons. The lowest BCUT2D eigenvalue weighted by molar-refractivity contribution is -0.129. The summed E-state index contributed by atoms with van der Waals surface area (Å²) in [5, 5.41) is 3.83. The van der Waals surface area contributed by atoms with Crippen LogP contribution < -0.4 is 0 Å². The highest BCUT2D eigenvalue weighted by molar-refractivity contribution is 8.00. The number of aryl methyl sites for hydroxylation is 1. The van der Waals surface area contributed by atoms with E-state index in [1.54, 1.807) is 11.9 Å². The van der Waals surface area contributed by atoms with E-state index in [1.165, 1.54) is 11.8 Å². The minimum atomic E-state index is -0.193. The van der Waals surface area contributed by atoms with Crippen LogP contribution in [0.4, 0.5) is 0 Å². The lowest BCUT2D eigenvalue weighted by atomic mass is 10.1. The van der Waals surface area contributed by atoms with Crippen LogP contribution >= 0.6 is 11.8 Å². The SMILES string of the molecule is Cc1cccc(-c2noc(CN(C)C(=O)[C@@H](C)Sc3ccccc3)n2)c1. The molecule has 1 atom stereocenters. The van der Waals surface area contributed by atoms with Crippen LogP contribution in [0.3, 0.4) is 0 Å². The van der Waals surface area contributed by atoms with Crippen LogP contribution in [-0.2, 0) is 11.3 Å². The second-order valence-corrected chi connectivity index (χ2v) is 7.56. The fourth-order valence-corrected chi connectivity index (χ4v) is 3.57. The van der Waals surface area contributed by atoms with Crippen LogP contribution in [0, 0.1) is 6.92 Å². The molecule has 0 bridgehead atoms. The summed E-state index contributed by atoms with van der Waals surface area (Å²) >= 11 is 1.54. The molecule has 0 spiro atoms. The van der Waals surface area contributed by atoms with Gasteiger partial charge in [0.15, 0.2) is 0 Å². The van der Waals surface area contributed by atoms with Gasteiger partial charge in [-0.1, -0.05) is 47.1 Å². The molecule has 5 nitrogen and oxygen atoms in total. The van der Waals surface area contributed by atoms with Crippen LogP contribution in [0.15, 0.2) is 64.0 Å². The number of amides is 1. The standard InChI is InChI=1S/C20H21N3O2S/c1-14-8-7-9-16(12-14)19-21-18(25-22-19)13-23(3)20(24)15(2)26-17-10-5-4-6-11-17/h4-12,15H,13H2,1-3H3/t15-/m1/s1. The molecule has 1 aromatic heterocycles. The Bertz CT molecular complexity index is 880. The third-order valence-corrected chi connectivity index (χ3v) is 5.00. The molecule has 1 amide bonds. The summed E-state index contributed by atoms with van der Waals surface area (Å²) in [6.45, 7) is 4.21. The number of carbonyl (C=O) groups excluding carboxylic acids is 1. The van der Waals surface area contributed by atoms with Gasteiger partial charge in [0, 0.05) is 17.5 Å². The van der Waals surface area contributed by atoms with Crippen LogP contribution in [0.2, 0.25) is 0 Å². The largest absolute Gasteiger partial charge is 0.337 e. The van der Waals surface area contributed by atoms with E-state index >= 15 is 0 Å². The van der Waals surface area contributed by atoms with Crippen molar-refractivity contribution in [3.05, 3.63) is 66.1 Å². The average molecular weight is 367 g/mol. The monoisotopic (exact) mass is 367 g/mol. The van der Waals surface area contributed by atoms with Crippen molar-refractivity contribution in [1.29, 1.82) is 0 Å². The maximum atomic E-state index is 12.6. The Kier molecular flexibility index (Phi) is 5.73. The van der Waals surface area contributed by atoms with Gasteiger partial charge < -0.3 is 9.42 Å². The van der Waals surface area contributed by atoms with Gasteiger partial charge in [-0.05, 0) is 32.0 Å². The molecule has 0 aliphatic carbocycles. The fourth-order valence-electron chi connectivity index (χ4n) is 2.57. The summed E-state index contributed by atoms with van der Waals surface area (Å²) in [7, 11) is 1.75. The average Bonchev–Trinajstić information content (AvgIpc) is 3.10. The molecule has 6 heteroatoms. The number of nitrogens with zero attached hydrogens (tertiary/aromatic N) is 3. The molecule has 0 radical (unpaired) electrons.